The number of benzene rings is 1. The van der Waals surface area contributed by atoms with Gasteiger partial charge in [0.1, 0.15) is 0 Å². The van der Waals surface area contributed by atoms with Crippen molar-refractivity contribution in [3.05, 3.63) is 59.1 Å². The van der Waals surface area contributed by atoms with Crippen LogP contribution in [0, 0.1) is 0 Å². The Bertz CT molecular complexity index is 482. The first-order valence-corrected chi connectivity index (χ1v) is 5.63. The smallest absolute Gasteiger partial charge is 0.227 e. The summed E-state index contributed by atoms with van der Waals surface area (Å²) in [7, 11) is 0. The van der Waals surface area contributed by atoms with Crippen molar-refractivity contribution in [1.29, 1.82) is 0 Å². The molecule has 0 N–H and O–H groups in total. The van der Waals surface area contributed by atoms with E-state index in [4.69, 9.17) is 0 Å². The topological polar surface area (TPSA) is 33.8 Å². The lowest BCUT2D eigenvalue weighted by Gasteiger charge is -1.98. The van der Waals surface area contributed by atoms with Gasteiger partial charge in [-0.3, -0.25) is 9.78 Å². The maximum absolute atomic E-state index is 11.9. The maximum atomic E-state index is 11.9. The number of halogens is 1. The third-order valence-corrected chi connectivity index (χ3v) is 2.71. The molecule has 0 aliphatic heterocycles. The van der Waals surface area contributed by atoms with E-state index in [9.17, 15) is 4.79 Å². The Morgan fingerprint density at radius 1 is 1.19 bits per heavy atom. The first-order valence-electron chi connectivity index (χ1n) is 4.83. The molecule has 1 aromatic heterocycles. The molecule has 0 radical (unpaired) electrons. The Hall–Kier alpha value is -1.55. The van der Waals surface area contributed by atoms with Crippen LogP contribution in [0.25, 0.3) is 0 Å². The average molecular weight is 278 g/mol. The number of aromatic nitrogens is 2. The molecule has 1 heterocycles. The molecule has 2 aromatic rings. The second-order valence-corrected chi connectivity index (χ2v) is 4.26. The van der Waals surface area contributed by atoms with Gasteiger partial charge in [-0.05, 0) is 12.1 Å². The monoisotopic (exact) mass is 277 g/mol. The predicted octanol–water partition coefficient (Wildman–Crippen LogP) is 2.01. The third kappa shape index (κ3) is 2.73. The molecule has 0 atom stereocenters. The zero-order valence-electron chi connectivity index (χ0n) is 8.51. The van der Waals surface area contributed by atoms with Crippen LogP contribution >= 0.6 is 15.9 Å². The molecule has 0 saturated heterocycles. The Morgan fingerprint density at radius 2 is 1.81 bits per heavy atom. The number of carbonyl (C=O) groups excluding carboxylic acids is 1. The summed E-state index contributed by atoms with van der Waals surface area (Å²) < 4.78 is 2.78. The Labute approximate surface area is 102 Å². The molecule has 0 bridgehead atoms. The van der Waals surface area contributed by atoms with E-state index >= 15 is 0 Å². The minimum absolute atomic E-state index is 0.0868. The van der Waals surface area contributed by atoms with Crippen molar-refractivity contribution >= 4 is 21.7 Å². The van der Waals surface area contributed by atoms with E-state index in [1.807, 2.05) is 24.3 Å². The molecule has 0 aliphatic carbocycles. The minimum Gasteiger partial charge on any atom is -0.287 e. The molecule has 0 saturated carbocycles. The summed E-state index contributed by atoms with van der Waals surface area (Å²) >= 11 is 3.34. The first-order chi connectivity index (χ1) is 7.75. The van der Waals surface area contributed by atoms with Crippen LogP contribution in [0.15, 0.2) is 53.5 Å². The Kier molecular flexibility index (Phi) is 3.41. The third-order valence-electron chi connectivity index (χ3n) is 2.18. The number of ketones is 1. The molecule has 1 aromatic carbocycles. The van der Waals surface area contributed by atoms with Gasteiger partial charge < -0.3 is 0 Å². The lowest BCUT2D eigenvalue weighted by molar-refractivity contribution is -0.683. The number of hydrogen-bond donors (Lipinski definition) is 0. The second-order valence-electron chi connectivity index (χ2n) is 3.35. The molecule has 0 fully saturated rings. The highest BCUT2D eigenvalue weighted by Crippen LogP contribution is 2.10. The standard InChI is InChI=1S/C12H10BrN2O/c13-11-3-1-10(2-4-11)12(16)9-15-7-5-14-6-8-15/h1-8H,9H2/q+1. The number of Topliss-reactive ketones (excluding diaryl/α,β-unsaturated/α-hetero) is 1. The highest BCUT2D eigenvalue weighted by molar-refractivity contribution is 9.10. The van der Waals surface area contributed by atoms with Crippen LogP contribution in [0.5, 0.6) is 0 Å². The van der Waals surface area contributed by atoms with Gasteiger partial charge in [0.05, 0.1) is 12.4 Å². The molecule has 80 valence electrons. The molecular weight excluding hydrogens is 268 g/mol. The fourth-order valence-corrected chi connectivity index (χ4v) is 1.61. The first kappa shape index (κ1) is 11.0. The van der Waals surface area contributed by atoms with Crippen molar-refractivity contribution in [1.82, 2.24) is 4.98 Å². The van der Waals surface area contributed by atoms with Crippen molar-refractivity contribution in [3.63, 3.8) is 0 Å². The summed E-state index contributed by atoms with van der Waals surface area (Å²) in [4.78, 5) is 15.8. The second kappa shape index (κ2) is 4.99. The van der Waals surface area contributed by atoms with Crippen LogP contribution in [-0.4, -0.2) is 10.8 Å². The average Bonchev–Trinajstić information content (AvgIpc) is 2.31. The summed E-state index contributed by atoms with van der Waals surface area (Å²) in [5.74, 6) is 0.0868. The van der Waals surface area contributed by atoms with Crippen molar-refractivity contribution < 1.29 is 9.36 Å². The summed E-state index contributed by atoms with van der Waals surface area (Å²) in [5.41, 5.74) is 0.715. The van der Waals surface area contributed by atoms with Gasteiger partial charge in [-0.15, -0.1) is 0 Å². The lowest BCUT2D eigenvalue weighted by Crippen LogP contribution is -2.37. The molecule has 3 nitrogen and oxygen atoms in total. The summed E-state index contributed by atoms with van der Waals surface area (Å²) in [5, 5.41) is 0. The van der Waals surface area contributed by atoms with Gasteiger partial charge in [0, 0.05) is 10.0 Å². The number of rotatable bonds is 3. The highest BCUT2D eigenvalue weighted by atomic mass is 79.9. The fourth-order valence-electron chi connectivity index (χ4n) is 1.35. The van der Waals surface area contributed by atoms with E-state index in [2.05, 4.69) is 20.9 Å². The predicted molar refractivity (Wildman–Crippen MR) is 62.9 cm³/mol. The normalized spacial score (nSPS) is 10.1. The number of carbonyl (C=O) groups is 1. The molecule has 0 aliphatic rings. The van der Waals surface area contributed by atoms with Gasteiger partial charge in [0.25, 0.3) is 0 Å². The van der Waals surface area contributed by atoms with Gasteiger partial charge in [-0.25, -0.2) is 0 Å². The van der Waals surface area contributed by atoms with E-state index < -0.39 is 0 Å². The van der Waals surface area contributed by atoms with Gasteiger partial charge in [0.2, 0.25) is 12.3 Å². The van der Waals surface area contributed by atoms with E-state index in [1.54, 1.807) is 29.4 Å². The molecule has 0 amide bonds. The zero-order valence-corrected chi connectivity index (χ0v) is 10.1. The van der Waals surface area contributed by atoms with Crippen LogP contribution in [-0.2, 0) is 6.54 Å². The van der Waals surface area contributed by atoms with E-state index in [1.165, 1.54) is 0 Å². The molecule has 0 spiro atoms. The number of nitrogens with zero attached hydrogens (tertiary/aromatic N) is 2. The summed E-state index contributed by atoms with van der Waals surface area (Å²) in [6.45, 7) is 0.337. The molecular formula is C12H10BrN2O+. The van der Waals surface area contributed by atoms with Crippen molar-refractivity contribution in [2.45, 2.75) is 6.54 Å². The molecule has 4 heteroatoms. The largest absolute Gasteiger partial charge is 0.287 e. The van der Waals surface area contributed by atoms with Crippen LogP contribution in [0.2, 0.25) is 0 Å². The molecule has 16 heavy (non-hydrogen) atoms. The van der Waals surface area contributed by atoms with Crippen LogP contribution < -0.4 is 4.57 Å². The lowest BCUT2D eigenvalue weighted by atomic mass is 10.1. The summed E-state index contributed by atoms with van der Waals surface area (Å²) in [6, 6.07) is 7.36. The van der Waals surface area contributed by atoms with Crippen molar-refractivity contribution in [3.8, 4) is 0 Å². The molecule has 0 unspecified atom stereocenters. The fraction of sp³-hybridized carbons (Fsp3) is 0.0833. The van der Waals surface area contributed by atoms with E-state index in [-0.39, 0.29) is 5.78 Å². The highest BCUT2D eigenvalue weighted by Gasteiger charge is 2.10. The Morgan fingerprint density at radius 3 is 2.44 bits per heavy atom. The van der Waals surface area contributed by atoms with Crippen LogP contribution in [0.1, 0.15) is 10.4 Å². The summed E-state index contributed by atoms with van der Waals surface area (Å²) in [6.07, 6.45) is 6.87. The van der Waals surface area contributed by atoms with E-state index in [0.717, 1.165) is 4.47 Å². The quantitative estimate of drug-likeness (QED) is 0.635. The van der Waals surface area contributed by atoms with Gasteiger partial charge in [0.15, 0.2) is 12.4 Å². The Balaban J connectivity index is 2.12. The van der Waals surface area contributed by atoms with Gasteiger partial charge >= 0.3 is 0 Å². The number of hydrogen-bond acceptors (Lipinski definition) is 2. The maximum Gasteiger partial charge on any atom is 0.227 e. The van der Waals surface area contributed by atoms with Crippen LogP contribution in [0.3, 0.4) is 0 Å². The van der Waals surface area contributed by atoms with Crippen LogP contribution in [0.4, 0.5) is 0 Å². The van der Waals surface area contributed by atoms with Gasteiger partial charge in [-0.2, -0.15) is 4.57 Å². The van der Waals surface area contributed by atoms with Gasteiger partial charge in [-0.1, -0.05) is 28.1 Å². The van der Waals surface area contributed by atoms with E-state index in [0.29, 0.717) is 12.1 Å². The zero-order chi connectivity index (χ0) is 11.4. The van der Waals surface area contributed by atoms with Crippen molar-refractivity contribution in [2.24, 2.45) is 0 Å². The SMILES string of the molecule is O=C(C[n+]1ccncc1)c1ccc(Br)cc1. The molecule has 2 rings (SSSR count). The minimum atomic E-state index is 0.0868. The van der Waals surface area contributed by atoms with Crippen molar-refractivity contribution in [2.75, 3.05) is 0 Å².